The van der Waals surface area contributed by atoms with E-state index in [9.17, 15) is 13.2 Å². The Labute approximate surface area is 121 Å². The lowest BCUT2D eigenvalue weighted by Crippen LogP contribution is -2.25. The van der Waals surface area contributed by atoms with Gasteiger partial charge in [-0.25, -0.2) is 4.98 Å². The second-order valence-corrected chi connectivity index (χ2v) is 4.74. The van der Waals surface area contributed by atoms with E-state index in [0.717, 1.165) is 18.1 Å². The average molecular weight is 298 g/mol. The molecule has 0 aromatic carbocycles. The lowest BCUT2D eigenvalue weighted by atomic mass is 10.1. The highest BCUT2D eigenvalue weighted by atomic mass is 19.4. The van der Waals surface area contributed by atoms with Crippen LogP contribution in [0.15, 0.2) is 30.7 Å². The molecule has 1 atom stereocenters. The molecule has 0 spiro atoms. The topological polar surface area (TPSA) is 42.7 Å². The highest BCUT2D eigenvalue weighted by Gasteiger charge is 2.31. The molecular weight excluding hydrogens is 281 g/mol. The summed E-state index contributed by atoms with van der Waals surface area (Å²) in [6.45, 7) is 2.63. The quantitative estimate of drug-likeness (QED) is 0.923. The predicted octanol–water partition coefficient (Wildman–Crippen LogP) is 2.73. The van der Waals surface area contributed by atoms with Gasteiger partial charge in [-0.1, -0.05) is 6.92 Å². The van der Waals surface area contributed by atoms with Gasteiger partial charge >= 0.3 is 6.18 Å². The van der Waals surface area contributed by atoms with Crippen molar-refractivity contribution < 1.29 is 13.2 Å². The summed E-state index contributed by atoms with van der Waals surface area (Å²) in [5, 5.41) is 3.23. The number of halogens is 3. The van der Waals surface area contributed by atoms with Crippen molar-refractivity contribution >= 4 is 0 Å². The van der Waals surface area contributed by atoms with Crippen LogP contribution in [-0.4, -0.2) is 21.1 Å². The number of pyridine rings is 1. The summed E-state index contributed by atoms with van der Waals surface area (Å²) >= 11 is 0. The minimum absolute atomic E-state index is 0.168. The van der Waals surface area contributed by atoms with Crippen molar-refractivity contribution in [3.8, 4) is 0 Å². The van der Waals surface area contributed by atoms with E-state index < -0.39 is 11.7 Å². The van der Waals surface area contributed by atoms with E-state index in [-0.39, 0.29) is 6.04 Å². The van der Waals surface area contributed by atoms with Crippen molar-refractivity contribution in [3.63, 3.8) is 0 Å². The molecule has 0 saturated heterocycles. The van der Waals surface area contributed by atoms with E-state index in [1.165, 1.54) is 6.07 Å². The van der Waals surface area contributed by atoms with Crippen LogP contribution in [0.25, 0.3) is 0 Å². The SMILES string of the molecule is CCNC(Cc1nccn1C)c1ccc(C(F)(F)F)cn1. The van der Waals surface area contributed by atoms with Crippen LogP contribution < -0.4 is 5.32 Å². The standard InChI is InChI=1S/C14H17F3N4/c1-3-18-12(8-13-19-6-7-21(13)2)11-5-4-10(9-20-11)14(15,16)17/h4-7,9,12,18H,3,8H2,1-2H3. The van der Waals surface area contributed by atoms with Crippen LogP contribution in [0.5, 0.6) is 0 Å². The molecule has 0 aliphatic rings. The molecule has 1 unspecified atom stereocenters. The number of hydrogen-bond acceptors (Lipinski definition) is 3. The number of likely N-dealkylation sites (N-methyl/N-ethyl adjacent to an activating group) is 1. The molecule has 2 aromatic heterocycles. The van der Waals surface area contributed by atoms with Gasteiger partial charge in [0.2, 0.25) is 0 Å². The van der Waals surface area contributed by atoms with E-state index in [0.29, 0.717) is 18.7 Å². The van der Waals surface area contributed by atoms with Gasteiger partial charge in [-0.05, 0) is 18.7 Å². The third-order valence-electron chi connectivity index (χ3n) is 3.23. The van der Waals surface area contributed by atoms with Gasteiger partial charge in [-0.15, -0.1) is 0 Å². The molecule has 21 heavy (non-hydrogen) atoms. The van der Waals surface area contributed by atoms with Gasteiger partial charge in [-0.2, -0.15) is 13.2 Å². The van der Waals surface area contributed by atoms with Crippen molar-refractivity contribution in [3.05, 3.63) is 47.8 Å². The molecule has 114 valence electrons. The first-order chi connectivity index (χ1) is 9.91. The number of rotatable bonds is 5. The van der Waals surface area contributed by atoms with Crippen LogP contribution in [0, 0.1) is 0 Å². The molecule has 0 radical (unpaired) electrons. The molecule has 7 heteroatoms. The van der Waals surface area contributed by atoms with Gasteiger partial charge in [0.05, 0.1) is 17.3 Å². The Morgan fingerprint density at radius 1 is 1.29 bits per heavy atom. The highest BCUT2D eigenvalue weighted by molar-refractivity contribution is 5.19. The Morgan fingerprint density at radius 2 is 2.05 bits per heavy atom. The summed E-state index contributed by atoms with van der Waals surface area (Å²) in [5.41, 5.74) is -0.161. The zero-order valence-corrected chi connectivity index (χ0v) is 11.9. The number of nitrogens with one attached hydrogen (secondary N) is 1. The highest BCUT2D eigenvalue weighted by Crippen LogP contribution is 2.29. The number of nitrogens with zero attached hydrogens (tertiary/aromatic N) is 3. The molecule has 0 aliphatic carbocycles. The Kier molecular flexibility index (Phi) is 4.62. The maximum atomic E-state index is 12.6. The monoisotopic (exact) mass is 298 g/mol. The number of hydrogen-bond donors (Lipinski definition) is 1. The first kappa shape index (κ1) is 15.5. The van der Waals surface area contributed by atoms with Gasteiger partial charge < -0.3 is 9.88 Å². The second kappa shape index (κ2) is 6.26. The zero-order valence-electron chi connectivity index (χ0n) is 11.9. The summed E-state index contributed by atoms with van der Waals surface area (Å²) in [6.07, 6.45) is 0.601. The fourth-order valence-electron chi connectivity index (χ4n) is 2.08. The minimum atomic E-state index is -4.36. The normalized spacial score (nSPS) is 13.4. The van der Waals surface area contributed by atoms with Crippen LogP contribution in [0.1, 0.15) is 30.0 Å². The Balaban J connectivity index is 2.20. The second-order valence-electron chi connectivity index (χ2n) is 4.74. The molecule has 1 N–H and O–H groups in total. The van der Waals surface area contributed by atoms with Crippen LogP contribution >= 0.6 is 0 Å². The van der Waals surface area contributed by atoms with Gasteiger partial charge in [0.1, 0.15) is 5.82 Å². The Bertz CT molecular complexity index is 575. The number of imidazole rings is 1. The molecule has 2 rings (SSSR count). The van der Waals surface area contributed by atoms with E-state index >= 15 is 0 Å². The third-order valence-corrected chi connectivity index (χ3v) is 3.23. The summed E-state index contributed by atoms with van der Waals surface area (Å²) in [5.74, 6) is 0.850. The largest absolute Gasteiger partial charge is 0.417 e. The smallest absolute Gasteiger partial charge is 0.338 e. The van der Waals surface area contributed by atoms with Crippen molar-refractivity contribution in [1.29, 1.82) is 0 Å². The fourth-order valence-corrected chi connectivity index (χ4v) is 2.08. The number of alkyl halides is 3. The lowest BCUT2D eigenvalue weighted by Gasteiger charge is -2.18. The first-order valence-corrected chi connectivity index (χ1v) is 6.64. The fraction of sp³-hybridized carbons (Fsp3) is 0.429. The molecule has 0 amide bonds. The third kappa shape index (κ3) is 3.81. The van der Waals surface area contributed by atoms with Crippen molar-refractivity contribution in [2.24, 2.45) is 7.05 Å². The van der Waals surface area contributed by atoms with Crippen LogP contribution in [0.4, 0.5) is 13.2 Å². The van der Waals surface area contributed by atoms with E-state index in [4.69, 9.17) is 0 Å². The molecule has 4 nitrogen and oxygen atoms in total. The molecule has 0 saturated carbocycles. The number of aryl methyl sites for hydroxylation is 1. The van der Waals surface area contributed by atoms with Crippen LogP contribution in [0.2, 0.25) is 0 Å². The van der Waals surface area contributed by atoms with E-state index in [1.807, 2.05) is 24.7 Å². The minimum Gasteiger partial charge on any atom is -0.338 e. The van der Waals surface area contributed by atoms with Crippen LogP contribution in [0.3, 0.4) is 0 Å². The maximum absolute atomic E-state index is 12.6. The van der Waals surface area contributed by atoms with Crippen molar-refractivity contribution in [2.75, 3.05) is 6.54 Å². The number of aromatic nitrogens is 3. The lowest BCUT2D eigenvalue weighted by molar-refractivity contribution is -0.137. The molecule has 2 heterocycles. The van der Waals surface area contributed by atoms with Crippen molar-refractivity contribution in [2.45, 2.75) is 25.6 Å². The maximum Gasteiger partial charge on any atom is 0.417 e. The molecular formula is C14H17F3N4. The van der Waals surface area contributed by atoms with E-state index in [2.05, 4.69) is 15.3 Å². The summed E-state index contributed by atoms with van der Waals surface area (Å²) < 4.78 is 39.6. The summed E-state index contributed by atoms with van der Waals surface area (Å²) in [7, 11) is 1.88. The molecule has 0 aliphatic heterocycles. The first-order valence-electron chi connectivity index (χ1n) is 6.64. The Hall–Kier alpha value is -1.89. The summed E-state index contributed by atoms with van der Waals surface area (Å²) in [6, 6.07) is 2.31. The average Bonchev–Trinajstić information content (AvgIpc) is 2.83. The van der Waals surface area contributed by atoms with Gasteiger partial charge in [-0.3, -0.25) is 4.98 Å². The zero-order chi connectivity index (χ0) is 15.5. The summed E-state index contributed by atoms with van der Waals surface area (Å²) in [4.78, 5) is 8.19. The van der Waals surface area contributed by atoms with Gasteiger partial charge in [0.15, 0.2) is 0 Å². The molecule has 0 fully saturated rings. The predicted molar refractivity (Wildman–Crippen MR) is 72.6 cm³/mol. The van der Waals surface area contributed by atoms with Gasteiger partial charge in [0.25, 0.3) is 0 Å². The molecule has 2 aromatic rings. The van der Waals surface area contributed by atoms with Crippen LogP contribution in [-0.2, 0) is 19.6 Å². The molecule has 0 bridgehead atoms. The van der Waals surface area contributed by atoms with Crippen molar-refractivity contribution in [1.82, 2.24) is 19.9 Å². The van der Waals surface area contributed by atoms with Gasteiger partial charge in [0, 0.05) is 32.1 Å². The Morgan fingerprint density at radius 3 is 2.52 bits per heavy atom. The van der Waals surface area contributed by atoms with E-state index in [1.54, 1.807) is 6.20 Å².